The van der Waals surface area contributed by atoms with Crippen molar-refractivity contribution in [2.45, 2.75) is 13.8 Å². The van der Waals surface area contributed by atoms with E-state index in [1.165, 1.54) is 6.92 Å². The van der Waals surface area contributed by atoms with Crippen LogP contribution < -0.4 is 10.6 Å². The van der Waals surface area contributed by atoms with E-state index >= 15 is 0 Å². The van der Waals surface area contributed by atoms with Gasteiger partial charge in [-0.15, -0.1) is 0 Å². The second-order valence-corrected chi connectivity index (χ2v) is 4.56. The maximum Gasteiger partial charge on any atom is 0.251 e. The molecule has 1 aromatic carbocycles. The smallest absolute Gasteiger partial charge is 0.251 e. The number of benzene rings is 1. The van der Waals surface area contributed by atoms with Crippen molar-refractivity contribution < 1.29 is 9.59 Å². The lowest BCUT2D eigenvalue weighted by Gasteiger charge is -2.07. The minimum absolute atomic E-state index is 0.0997. The Morgan fingerprint density at radius 1 is 1.24 bits per heavy atom. The Morgan fingerprint density at radius 2 is 1.88 bits per heavy atom. The van der Waals surface area contributed by atoms with E-state index < -0.39 is 0 Å². The van der Waals surface area contributed by atoms with Gasteiger partial charge in [-0.1, -0.05) is 22.0 Å². The number of amides is 2. The monoisotopic (exact) mass is 298 g/mol. The van der Waals surface area contributed by atoms with E-state index in [4.69, 9.17) is 0 Å². The van der Waals surface area contributed by atoms with Crippen LogP contribution in [-0.2, 0) is 4.79 Å². The molecule has 0 spiro atoms. The van der Waals surface area contributed by atoms with Crippen LogP contribution in [0.5, 0.6) is 0 Å². The molecule has 0 fully saturated rings. The van der Waals surface area contributed by atoms with Crippen molar-refractivity contribution >= 4 is 27.7 Å². The molecule has 2 N–H and O–H groups in total. The Balaban J connectivity index is 2.47. The summed E-state index contributed by atoms with van der Waals surface area (Å²) >= 11 is 3.38. The molecule has 17 heavy (non-hydrogen) atoms. The number of nitrogens with one attached hydrogen (secondary N) is 2. The molecule has 2 amide bonds. The van der Waals surface area contributed by atoms with Crippen molar-refractivity contribution in [2.24, 2.45) is 0 Å². The SMILES string of the molecule is CC(=O)NCCNC(=O)c1ccc(C)c(Br)c1. The molecule has 1 rings (SSSR count). The lowest BCUT2D eigenvalue weighted by Crippen LogP contribution is -2.33. The summed E-state index contributed by atoms with van der Waals surface area (Å²) in [6.07, 6.45) is 0. The number of rotatable bonds is 4. The van der Waals surface area contributed by atoms with Gasteiger partial charge in [-0.05, 0) is 24.6 Å². The van der Waals surface area contributed by atoms with Gasteiger partial charge in [-0.2, -0.15) is 0 Å². The highest BCUT2D eigenvalue weighted by Gasteiger charge is 2.06. The van der Waals surface area contributed by atoms with Gasteiger partial charge in [0.2, 0.25) is 5.91 Å². The van der Waals surface area contributed by atoms with Crippen LogP contribution in [0.1, 0.15) is 22.8 Å². The average molecular weight is 299 g/mol. The Morgan fingerprint density at radius 3 is 2.47 bits per heavy atom. The molecule has 0 aliphatic rings. The average Bonchev–Trinajstić information content (AvgIpc) is 2.27. The maximum atomic E-state index is 11.7. The molecule has 0 radical (unpaired) electrons. The molecule has 0 saturated heterocycles. The van der Waals surface area contributed by atoms with Crippen LogP contribution >= 0.6 is 15.9 Å². The van der Waals surface area contributed by atoms with E-state index in [0.717, 1.165) is 10.0 Å². The summed E-state index contributed by atoms with van der Waals surface area (Å²) < 4.78 is 0.909. The third-order valence-corrected chi connectivity index (χ3v) is 3.07. The summed E-state index contributed by atoms with van der Waals surface area (Å²) in [5.74, 6) is -0.242. The highest BCUT2D eigenvalue weighted by atomic mass is 79.9. The van der Waals surface area contributed by atoms with E-state index in [9.17, 15) is 9.59 Å². The van der Waals surface area contributed by atoms with Gasteiger partial charge >= 0.3 is 0 Å². The van der Waals surface area contributed by atoms with Gasteiger partial charge in [-0.3, -0.25) is 9.59 Å². The first-order valence-corrected chi connectivity index (χ1v) is 6.09. The minimum atomic E-state index is -0.143. The molecule has 0 bridgehead atoms. The van der Waals surface area contributed by atoms with Crippen LogP contribution in [0.3, 0.4) is 0 Å². The molecule has 0 heterocycles. The maximum absolute atomic E-state index is 11.7. The molecule has 92 valence electrons. The fourth-order valence-corrected chi connectivity index (χ4v) is 1.63. The standard InChI is InChI=1S/C12H15BrN2O2/c1-8-3-4-10(7-11(8)13)12(17)15-6-5-14-9(2)16/h3-4,7H,5-6H2,1-2H3,(H,14,16)(H,15,17). The zero-order valence-corrected chi connectivity index (χ0v) is 11.4. The topological polar surface area (TPSA) is 58.2 Å². The van der Waals surface area contributed by atoms with E-state index in [1.54, 1.807) is 12.1 Å². The molecule has 0 aliphatic carbocycles. The molecule has 0 saturated carbocycles. The Labute approximate surface area is 109 Å². The third kappa shape index (κ3) is 4.56. The second-order valence-electron chi connectivity index (χ2n) is 3.70. The molecule has 0 aromatic heterocycles. The first-order chi connectivity index (χ1) is 8.00. The summed E-state index contributed by atoms with van der Waals surface area (Å²) in [5.41, 5.74) is 1.69. The highest BCUT2D eigenvalue weighted by Crippen LogP contribution is 2.17. The third-order valence-electron chi connectivity index (χ3n) is 2.22. The number of hydrogen-bond acceptors (Lipinski definition) is 2. The molecule has 0 aliphatic heterocycles. The van der Waals surface area contributed by atoms with Gasteiger partial charge in [0.1, 0.15) is 0 Å². The van der Waals surface area contributed by atoms with Crippen LogP contribution in [0.25, 0.3) is 0 Å². The molecule has 1 aromatic rings. The Kier molecular flexibility index (Phi) is 5.15. The van der Waals surface area contributed by atoms with E-state index in [-0.39, 0.29) is 11.8 Å². The lowest BCUT2D eigenvalue weighted by atomic mass is 10.1. The Bertz CT molecular complexity index is 433. The molecule has 0 atom stereocenters. The van der Waals surface area contributed by atoms with E-state index in [0.29, 0.717) is 18.7 Å². The number of aryl methyl sites for hydroxylation is 1. The van der Waals surface area contributed by atoms with Crippen molar-refractivity contribution in [3.63, 3.8) is 0 Å². The Hall–Kier alpha value is -1.36. The van der Waals surface area contributed by atoms with Crippen molar-refractivity contribution in [1.29, 1.82) is 0 Å². The zero-order valence-electron chi connectivity index (χ0n) is 9.84. The van der Waals surface area contributed by atoms with Gasteiger partial charge in [0, 0.05) is 30.0 Å². The summed E-state index contributed by atoms with van der Waals surface area (Å²) in [6.45, 7) is 4.26. The highest BCUT2D eigenvalue weighted by molar-refractivity contribution is 9.10. The molecule has 0 unspecified atom stereocenters. The quantitative estimate of drug-likeness (QED) is 0.830. The lowest BCUT2D eigenvalue weighted by molar-refractivity contribution is -0.118. The van der Waals surface area contributed by atoms with Crippen LogP contribution in [0.2, 0.25) is 0 Å². The number of hydrogen-bond donors (Lipinski definition) is 2. The van der Waals surface area contributed by atoms with Gasteiger partial charge in [0.25, 0.3) is 5.91 Å². The summed E-state index contributed by atoms with van der Waals surface area (Å²) in [5, 5.41) is 5.34. The van der Waals surface area contributed by atoms with Crippen LogP contribution in [0.15, 0.2) is 22.7 Å². The number of carbonyl (C=O) groups is 2. The zero-order chi connectivity index (χ0) is 12.8. The van der Waals surface area contributed by atoms with Crippen LogP contribution in [0, 0.1) is 6.92 Å². The first-order valence-electron chi connectivity index (χ1n) is 5.29. The number of carbonyl (C=O) groups excluding carboxylic acids is 2. The molecule has 4 nitrogen and oxygen atoms in total. The minimum Gasteiger partial charge on any atom is -0.355 e. The van der Waals surface area contributed by atoms with Gasteiger partial charge in [0.05, 0.1) is 0 Å². The van der Waals surface area contributed by atoms with Crippen LogP contribution in [-0.4, -0.2) is 24.9 Å². The van der Waals surface area contributed by atoms with Gasteiger partial charge in [0.15, 0.2) is 0 Å². The normalized spacial score (nSPS) is 9.82. The van der Waals surface area contributed by atoms with Crippen molar-refractivity contribution in [3.8, 4) is 0 Å². The van der Waals surface area contributed by atoms with Crippen LogP contribution in [0.4, 0.5) is 0 Å². The predicted octanol–water partition coefficient (Wildman–Crippen LogP) is 1.62. The van der Waals surface area contributed by atoms with E-state index in [1.807, 2.05) is 13.0 Å². The predicted molar refractivity (Wildman–Crippen MR) is 69.9 cm³/mol. The van der Waals surface area contributed by atoms with Gasteiger partial charge in [-0.25, -0.2) is 0 Å². The van der Waals surface area contributed by atoms with Crippen molar-refractivity contribution in [2.75, 3.05) is 13.1 Å². The van der Waals surface area contributed by atoms with E-state index in [2.05, 4.69) is 26.6 Å². The summed E-state index contributed by atoms with van der Waals surface area (Å²) in [6, 6.07) is 5.43. The molecular formula is C12H15BrN2O2. The molecule has 5 heteroatoms. The van der Waals surface area contributed by atoms with Crippen molar-refractivity contribution in [1.82, 2.24) is 10.6 Å². The van der Waals surface area contributed by atoms with Gasteiger partial charge < -0.3 is 10.6 Å². The second kappa shape index (κ2) is 6.39. The summed E-state index contributed by atoms with van der Waals surface area (Å²) in [7, 11) is 0. The summed E-state index contributed by atoms with van der Waals surface area (Å²) in [4.78, 5) is 22.3. The molecular weight excluding hydrogens is 284 g/mol. The van der Waals surface area contributed by atoms with Crippen molar-refractivity contribution in [3.05, 3.63) is 33.8 Å². The fourth-order valence-electron chi connectivity index (χ4n) is 1.25. The largest absolute Gasteiger partial charge is 0.355 e. The number of halogens is 1. The fraction of sp³-hybridized carbons (Fsp3) is 0.333. The first kappa shape index (κ1) is 13.7.